The van der Waals surface area contributed by atoms with Gasteiger partial charge >= 0.3 is 0 Å². The predicted molar refractivity (Wildman–Crippen MR) is 102 cm³/mol. The smallest absolute Gasteiger partial charge is 0.256 e. The zero-order chi connectivity index (χ0) is 19.4. The van der Waals surface area contributed by atoms with Gasteiger partial charge in [0.15, 0.2) is 0 Å². The molecule has 1 aliphatic rings. The first-order valence-electron chi connectivity index (χ1n) is 8.74. The summed E-state index contributed by atoms with van der Waals surface area (Å²) in [6.07, 6.45) is 0. The van der Waals surface area contributed by atoms with E-state index in [9.17, 15) is 4.79 Å². The average molecular weight is 372 g/mol. The molecule has 1 N–H and O–H groups in total. The molecule has 1 aliphatic heterocycles. The summed E-state index contributed by atoms with van der Waals surface area (Å²) in [6, 6.07) is 5.03. The van der Waals surface area contributed by atoms with Crippen LogP contribution in [-0.2, 0) is 4.74 Å². The molecule has 0 unspecified atom stereocenters. The summed E-state index contributed by atoms with van der Waals surface area (Å²) in [5.74, 6) is 1.48. The fourth-order valence-electron chi connectivity index (χ4n) is 2.91. The van der Waals surface area contributed by atoms with Gasteiger partial charge in [0.05, 0.1) is 44.5 Å². The number of hydrogen-bond acceptors (Lipinski definition) is 7. The number of nitrogens with zero attached hydrogens (tertiary/aromatic N) is 3. The number of anilines is 2. The standard InChI is InChI=1S/C19H24N4O4/c1-12-17(13(2)21-19(20-12)23-5-7-27-8-6-23)22-18(24)14-9-15(25-3)11-16(10-14)26-4/h9-11H,5-8H2,1-4H3,(H,22,24). The highest BCUT2D eigenvalue weighted by Gasteiger charge is 2.19. The van der Waals surface area contributed by atoms with Gasteiger partial charge in [-0.15, -0.1) is 0 Å². The van der Waals surface area contributed by atoms with Crippen molar-refractivity contribution in [3.63, 3.8) is 0 Å². The van der Waals surface area contributed by atoms with E-state index in [4.69, 9.17) is 14.2 Å². The molecular weight excluding hydrogens is 348 g/mol. The van der Waals surface area contributed by atoms with Crippen LogP contribution in [0.3, 0.4) is 0 Å². The van der Waals surface area contributed by atoms with E-state index in [1.807, 2.05) is 13.8 Å². The number of ether oxygens (including phenoxy) is 3. The molecule has 0 bridgehead atoms. The minimum atomic E-state index is -0.277. The molecule has 8 nitrogen and oxygen atoms in total. The summed E-state index contributed by atoms with van der Waals surface area (Å²) in [6.45, 7) is 6.57. The molecule has 1 aromatic carbocycles. The molecule has 2 heterocycles. The maximum Gasteiger partial charge on any atom is 0.256 e. The van der Waals surface area contributed by atoms with E-state index in [0.717, 1.165) is 13.1 Å². The van der Waals surface area contributed by atoms with E-state index in [-0.39, 0.29) is 5.91 Å². The molecule has 27 heavy (non-hydrogen) atoms. The normalized spacial score (nSPS) is 14.0. The van der Waals surface area contributed by atoms with E-state index < -0.39 is 0 Å². The monoisotopic (exact) mass is 372 g/mol. The molecule has 2 aromatic rings. The fraction of sp³-hybridized carbons (Fsp3) is 0.421. The Bertz CT molecular complexity index is 789. The van der Waals surface area contributed by atoms with Crippen molar-refractivity contribution < 1.29 is 19.0 Å². The number of amides is 1. The Hall–Kier alpha value is -2.87. The quantitative estimate of drug-likeness (QED) is 0.861. The lowest BCUT2D eigenvalue weighted by molar-refractivity contribution is 0.102. The van der Waals surface area contributed by atoms with Crippen LogP contribution in [0.5, 0.6) is 11.5 Å². The van der Waals surface area contributed by atoms with E-state index in [1.165, 1.54) is 0 Å². The molecule has 1 saturated heterocycles. The number of carbonyl (C=O) groups is 1. The first-order chi connectivity index (χ1) is 13.0. The highest BCUT2D eigenvalue weighted by molar-refractivity contribution is 6.05. The summed E-state index contributed by atoms with van der Waals surface area (Å²) < 4.78 is 15.8. The largest absolute Gasteiger partial charge is 0.497 e. The maximum absolute atomic E-state index is 12.7. The van der Waals surface area contributed by atoms with Gasteiger partial charge in [-0.1, -0.05) is 0 Å². The van der Waals surface area contributed by atoms with Gasteiger partial charge in [0.25, 0.3) is 5.91 Å². The Morgan fingerprint density at radius 1 is 1.04 bits per heavy atom. The first-order valence-corrected chi connectivity index (χ1v) is 8.74. The lowest BCUT2D eigenvalue weighted by atomic mass is 10.1. The third-order valence-corrected chi connectivity index (χ3v) is 4.41. The Labute approximate surface area is 158 Å². The maximum atomic E-state index is 12.7. The second-order valence-corrected chi connectivity index (χ2v) is 6.22. The highest BCUT2D eigenvalue weighted by Crippen LogP contribution is 2.25. The van der Waals surface area contributed by atoms with Crippen LogP contribution in [0.2, 0.25) is 0 Å². The van der Waals surface area contributed by atoms with Crippen molar-refractivity contribution in [1.82, 2.24) is 9.97 Å². The summed E-state index contributed by atoms with van der Waals surface area (Å²) in [7, 11) is 3.09. The van der Waals surface area contributed by atoms with Gasteiger partial charge in [-0.3, -0.25) is 4.79 Å². The summed E-state index contributed by atoms with van der Waals surface area (Å²) in [4.78, 5) is 24.0. The zero-order valence-electron chi connectivity index (χ0n) is 16.0. The second kappa shape index (κ2) is 8.22. The average Bonchev–Trinajstić information content (AvgIpc) is 2.70. The van der Waals surface area contributed by atoms with Crippen molar-refractivity contribution in [3.8, 4) is 11.5 Å². The van der Waals surface area contributed by atoms with Crippen LogP contribution in [0.1, 0.15) is 21.7 Å². The topological polar surface area (TPSA) is 85.8 Å². The van der Waals surface area contributed by atoms with Crippen molar-refractivity contribution in [3.05, 3.63) is 35.2 Å². The summed E-state index contributed by atoms with van der Waals surface area (Å²) in [5, 5.41) is 2.91. The SMILES string of the molecule is COc1cc(OC)cc(C(=O)Nc2c(C)nc(N3CCOCC3)nc2C)c1. The number of benzene rings is 1. The summed E-state index contributed by atoms with van der Waals surface area (Å²) >= 11 is 0. The van der Waals surface area contributed by atoms with Gasteiger partial charge < -0.3 is 24.4 Å². The highest BCUT2D eigenvalue weighted by atomic mass is 16.5. The third kappa shape index (κ3) is 4.28. The number of rotatable bonds is 5. The number of aromatic nitrogens is 2. The Morgan fingerprint density at radius 2 is 1.59 bits per heavy atom. The molecule has 8 heteroatoms. The van der Waals surface area contributed by atoms with Gasteiger partial charge in [0.1, 0.15) is 11.5 Å². The van der Waals surface area contributed by atoms with Crippen LogP contribution in [-0.4, -0.2) is 56.4 Å². The molecule has 1 aromatic heterocycles. The molecule has 0 atom stereocenters. The Balaban J connectivity index is 1.84. The number of hydrogen-bond donors (Lipinski definition) is 1. The molecule has 1 fully saturated rings. The van der Waals surface area contributed by atoms with Crippen LogP contribution < -0.4 is 19.7 Å². The van der Waals surface area contributed by atoms with Crippen molar-refractivity contribution in [2.75, 3.05) is 50.7 Å². The molecule has 0 aliphatic carbocycles. The van der Waals surface area contributed by atoms with Crippen LogP contribution in [0.4, 0.5) is 11.6 Å². The number of carbonyl (C=O) groups excluding carboxylic acids is 1. The lowest BCUT2D eigenvalue weighted by Crippen LogP contribution is -2.37. The molecule has 3 rings (SSSR count). The number of aryl methyl sites for hydroxylation is 2. The van der Waals surface area contributed by atoms with E-state index in [2.05, 4.69) is 20.2 Å². The summed E-state index contributed by atoms with van der Waals surface area (Å²) in [5.41, 5.74) is 2.47. The van der Waals surface area contributed by atoms with Gasteiger partial charge in [-0.05, 0) is 26.0 Å². The van der Waals surface area contributed by atoms with Crippen LogP contribution in [0.25, 0.3) is 0 Å². The number of nitrogens with one attached hydrogen (secondary N) is 1. The molecule has 0 saturated carbocycles. The van der Waals surface area contributed by atoms with Gasteiger partial charge in [0, 0.05) is 24.7 Å². The van der Waals surface area contributed by atoms with Crippen LogP contribution >= 0.6 is 0 Å². The van der Waals surface area contributed by atoms with Crippen molar-refractivity contribution in [2.24, 2.45) is 0 Å². The first kappa shape index (κ1) is 18.9. The zero-order valence-corrected chi connectivity index (χ0v) is 16.0. The molecule has 144 valence electrons. The second-order valence-electron chi connectivity index (χ2n) is 6.22. The van der Waals surface area contributed by atoms with E-state index in [0.29, 0.717) is 53.3 Å². The van der Waals surface area contributed by atoms with Crippen molar-refractivity contribution in [2.45, 2.75) is 13.8 Å². The predicted octanol–water partition coefficient (Wildman–Crippen LogP) is 2.20. The minimum absolute atomic E-state index is 0.277. The Kier molecular flexibility index (Phi) is 5.75. The van der Waals surface area contributed by atoms with Gasteiger partial charge in [-0.25, -0.2) is 9.97 Å². The fourth-order valence-corrected chi connectivity index (χ4v) is 2.91. The van der Waals surface area contributed by atoms with Crippen molar-refractivity contribution >= 4 is 17.5 Å². The molecular formula is C19H24N4O4. The lowest BCUT2D eigenvalue weighted by Gasteiger charge is -2.27. The van der Waals surface area contributed by atoms with Crippen LogP contribution in [0.15, 0.2) is 18.2 Å². The van der Waals surface area contributed by atoms with E-state index >= 15 is 0 Å². The van der Waals surface area contributed by atoms with Crippen molar-refractivity contribution in [1.29, 1.82) is 0 Å². The van der Waals surface area contributed by atoms with Gasteiger partial charge in [-0.2, -0.15) is 0 Å². The van der Waals surface area contributed by atoms with Gasteiger partial charge in [0.2, 0.25) is 5.95 Å². The minimum Gasteiger partial charge on any atom is -0.497 e. The molecule has 1 amide bonds. The van der Waals surface area contributed by atoms with E-state index in [1.54, 1.807) is 32.4 Å². The van der Waals surface area contributed by atoms with Crippen LogP contribution in [0, 0.1) is 13.8 Å². The molecule has 0 radical (unpaired) electrons. The Morgan fingerprint density at radius 3 is 2.11 bits per heavy atom. The number of morpholine rings is 1. The number of methoxy groups -OCH3 is 2. The molecule has 0 spiro atoms. The third-order valence-electron chi connectivity index (χ3n) is 4.41.